The topological polar surface area (TPSA) is 83.2 Å². The van der Waals surface area contributed by atoms with Crippen LogP contribution in [-0.2, 0) is 9.59 Å². The molecule has 152 valence electrons. The van der Waals surface area contributed by atoms with Crippen molar-refractivity contribution in [2.75, 3.05) is 34.3 Å². The van der Waals surface area contributed by atoms with E-state index in [2.05, 4.69) is 0 Å². The van der Waals surface area contributed by atoms with Gasteiger partial charge in [-0.3, -0.25) is 9.59 Å². The summed E-state index contributed by atoms with van der Waals surface area (Å²) in [5.74, 6) is -0.530. The van der Waals surface area contributed by atoms with Crippen LogP contribution >= 0.6 is 0 Å². The zero-order chi connectivity index (χ0) is 21.0. The first-order valence-electron chi connectivity index (χ1n) is 9.21. The molecular formula is C22H24N2O5. The maximum atomic E-state index is 13.0. The minimum Gasteiger partial charge on any atom is -0.503 e. The molecule has 1 aliphatic heterocycles. The number of methoxy groups -OCH3 is 1. The van der Waals surface area contributed by atoms with E-state index in [9.17, 15) is 14.7 Å². The van der Waals surface area contributed by atoms with Gasteiger partial charge in [0.05, 0.1) is 25.0 Å². The molecule has 1 unspecified atom stereocenters. The van der Waals surface area contributed by atoms with Gasteiger partial charge < -0.3 is 24.1 Å². The molecule has 1 aromatic heterocycles. The molecule has 0 saturated heterocycles. The molecule has 2 heterocycles. The number of benzene rings is 1. The van der Waals surface area contributed by atoms with Crippen LogP contribution in [0.2, 0.25) is 0 Å². The molecule has 0 bridgehead atoms. The Bertz CT molecular complexity index is 944. The van der Waals surface area contributed by atoms with Crippen LogP contribution in [0.25, 0.3) is 6.08 Å². The van der Waals surface area contributed by atoms with Gasteiger partial charge in [-0.05, 0) is 44.4 Å². The van der Waals surface area contributed by atoms with Crippen LogP contribution in [0, 0.1) is 0 Å². The average Bonchev–Trinajstić information content (AvgIpc) is 3.32. The summed E-state index contributed by atoms with van der Waals surface area (Å²) in [5.41, 5.74) is 0.668. The van der Waals surface area contributed by atoms with Crippen LogP contribution < -0.4 is 4.74 Å². The van der Waals surface area contributed by atoms with Gasteiger partial charge in [0.2, 0.25) is 0 Å². The molecule has 1 aliphatic rings. The zero-order valence-corrected chi connectivity index (χ0v) is 16.7. The highest BCUT2D eigenvalue weighted by Gasteiger charge is 2.43. The highest BCUT2D eigenvalue weighted by Crippen LogP contribution is 2.41. The molecule has 1 amide bonds. The summed E-state index contributed by atoms with van der Waals surface area (Å²) in [4.78, 5) is 29.2. The van der Waals surface area contributed by atoms with Crippen molar-refractivity contribution in [3.63, 3.8) is 0 Å². The fourth-order valence-electron chi connectivity index (χ4n) is 3.29. The van der Waals surface area contributed by atoms with Gasteiger partial charge in [0.25, 0.3) is 5.91 Å². The largest absolute Gasteiger partial charge is 0.503 e. The number of rotatable bonds is 8. The number of aliphatic hydroxyl groups excluding tert-OH is 1. The number of aliphatic hydroxyl groups is 1. The van der Waals surface area contributed by atoms with Crippen LogP contribution in [0.3, 0.4) is 0 Å². The first-order valence-corrected chi connectivity index (χ1v) is 9.21. The summed E-state index contributed by atoms with van der Waals surface area (Å²) in [6.45, 7) is 0.922. The lowest BCUT2D eigenvalue weighted by Gasteiger charge is -2.28. The molecule has 1 atom stereocenters. The predicted octanol–water partition coefficient (Wildman–Crippen LogP) is 2.83. The highest BCUT2D eigenvalue weighted by molar-refractivity contribution is 6.14. The number of hydrogen-bond donors (Lipinski definition) is 1. The van der Waals surface area contributed by atoms with E-state index in [4.69, 9.17) is 9.15 Å². The molecule has 29 heavy (non-hydrogen) atoms. The summed E-state index contributed by atoms with van der Waals surface area (Å²) >= 11 is 0. The van der Waals surface area contributed by atoms with Crippen LogP contribution in [0.4, 0.5) is 0 Å². The summed E-state index contributed by atoms with van der Waals surface area (Å²) in [7, 11) is 5.32. The van der Waals surface area contributed by atoms with Crippen molar-refractivity contribution < 1.29 is 23.8 Å². The minimum atomic E-state index is -0.743. The Balaban J connectivity index is 2.03. The van der Waals surface area contributed by atoms with Crippen molar-refractivity contribution in [2.24, 2.45) is 0 Å². The first kappa shape index (κ1) is 20.4. The van der Waals surface area contributed by atoms with Crippen LogP contribution in [0.1, 0.15) is 17.4 Å². The van der Waals surface area contributed by atoms with Crippen molar-refractivity contribution in [3.8, 4) is 5.75 Å². The fraction of sp³-hybridized carbons (Fsp3) is 0.273. The molecule has 1 N–H and O–H groups in total. The number of nitrogens with zero attached hydrogens (tertiary/aromatic N) is 2. The summed E-state index contributed by atoms with van der Waals surface area (Å²) in [5, 5.41) is 10.6. The number of ether oxygens (including phenoxy) is 1. The van der Waals surface area contributed by atoms with Crippen molar-refractivity contribution in [2.45, 2.75) is 6.04 Å². The van der Waals surface area contributed by atoms with Crippen molar-refractivity contribution >= 4 is 17.8 Å². The third-order valence-corrected chi connectivity index (χ3v) is 4.73. The number of hydrogen-bond acceptors (Lipinski definition) is 6. The van der Waals surface area contributed by atoms with Gasteiger partial charge in [-0.2, -0.15) is 0 Å². The lowest BCUT2D eigenvalue weighted by atomic mass is 9.95. The van der Waals surface area contributed by atoms with Crippen molar-refractivity contribution in [1.82, 2.24) is 9.80 Å². The number of para-hydroxylation sites is 1. The smallest absolute Gasteiger partial charge is 0.290 e. The number of furan rings is 1. The number of carbonyl (C=O) groups excluding carboxylic acids is 2. The molecule has 0 saturated carbocycles. The van der Waals surface area contributed by atoms with Gasteiger partial charge in [0.1, 0.15) is 11.5 Å². The lowest BCUT2D eigenvalue weighted by molar-refractivity contribution is -0.129. The Kier molecular flexibility index (Phi) is 6.19. The standard InChI is InChI=1S/C22H24N2O5/c1-23(2)12-13-24-20(16-8-4-5-9-18(16)28-3)19(21(26)22(24)27)17(25)11-10-15-7-6-14-29-15/h4-11,14,20,26H,12-13H2,1-3H3. The molecule has 0 fully saturated rings. The lowest BCUT2D eigenvalue weighted by Crippen LogP contribution is -2.36. The van der Waals surface area contributed by atoms with Gasteiger partial charge in [-0.15, -0.1) is 0 Å². The van der Waals surface area contributed by atoms with E-state index in [1.165, 1.54) is 30.4 Å². The summed E-state index contributed by atoms with van der Waals surface area (Å²) < 4.78 is 10.7. The van der Waals surface area contributed by atoms with E-state index in [1.54, 1.807) is 24.3 Å². The number of carbonyl (C=O) groups is 2. The second-order valence-corrected chi connectivity index (χ2v) is 6.92. The third kappa shape index (κ3) is 4.25. The van der Waals surface area contributed by atoms with E-state index < -0.39 is 23.5 Å². The Morgan fingerprint density at radius 2 is 2.03 bits per heavy atom. The molecule has 0 radical (unpaired) electrons. The molecular weight excluding hydrogens is 372 g/mol. The minimum absolute atomic E-state index is 0.0288. The van der Waals surface area contributed by atoms with E-state index in [-0.39, 0.29) is 5.57 Å². The Morgan fingerprint density at radius 1 is 1.28 bits per heavy atom. The van der Waals surface area contributed by atoms with Gasteiger partial charge in [0, 0.05) is 18.7 Å². The Labute approximate surface area is 169 Å². The summed E-state index contributed by atoms with van der Waals surface area (Å²) in [6, 6.07) is 9.85. The van der Waals surface area contributed by atoms with E-state index >= 15 is 0 Å². The molecule has 7 heteroatoms. The third-order valence-electron chi connectivity index (χ3n) is 4.73. The van der Waals surface area contributed by atoms with Crippen LogP contribution in [-0.4, -0.2) is 60.9 Å². The Hall–Kier alpha value is -3.32. The molecule has 7 nitrogen and oxygen atoms in total. The number of amides is 1. The second-order valence-electron chi connectivity index (χ2n) is 6.92. The van der Waals surface area contributed by atoms with Gasteiger partial charge in [-0.25, -0.2) is 0 Å². The number of ketones is 1. The molecule has 0 spiro atoms. The molecule has 0 aliphatic carbocycles. The van der Waals surface area contributed by atoms with Gasteiger partial charge in [0.15, 0.2) is 11.5 Å². The second kappa shape index (κ2) is 8.79. The van der Waals surface area contributed by atoms with Crippen molar-refractivity contribution in [3.05, 3.63) is 71.4 Å². The van der Waals surface area contributed by atoms with Crippen LogP contribution in [0.15, 0.2) is 64.5 Å². The molecule has 1 aromatic carbocycles. The van der Waals surface area contributed by atoms with E-state index in [0.717, 1.165) is 0 Å². The quantitative estimate of drug-likeness (QED) is 0.691. The SMILES string of the molecule is COc1ccccc1C1C(C(=O)C=Cc2ccco2)=C(O)C(=O)N1CCN(C)C. The monoisotopic (exact) mass is 396 g/mol. The predicted molar refractivity (Wildman–Crippen MR) is 108 cm³/mol. The number of likely N-dealkylation sites (N-methyl/N-ethyl adjacent to an activating group) is 1. The Morgan fingerprint density at radius 3 is 2.69 bits per heavy atom. The first-order chi connectivity index (χ1) is 13.9. The van der Waals surface area contributed by atoms with Gasteiger partial charge >= 0.3 is 0 Å². The highest BCUT2D eigenvalue weighted by atomic mass is 16.5. The van der Waals surface area contributed by atoms with Crippen molar-refractivity contribution in [1.29, 1.82) is 0 Å². The average molecular weight is 396 g/mol. The normalized spacial score (nSPS) is 17.0. The summed E-state index contributed by atoms with van der Waals surface area (Å²) in [6.07, 6.45) is 4.31. The maximum absolute atomic E-state index is 13.0. The zero-order valence-electron chi connectivity index (χ0n) is 16.7. The maximum Gasteiger partial charge on any atom is 0.290 e. The fourth-order valence-corrected chi connectivity index (χ4v) is 3.29. The number of allylic oxidation sites excluding steroid dienone is 1. The molecule has 3 rings (SSSR count). The van der Waals surface area contributed by atoms with Crippen LogP contribution in [0.5, 0.6) is 5.75 Å². The molecule has 2 aromatic rings. The van der Waals surface area contributed by atoms with E-state index in [0.29, 0.717) is 30.2 Å². The van der Waals surface area contributed by atoms with Gasteiger partial charge in [-0.1, -0.05) is 18.2 Å². The van der Waals surface area contributed by atoms with E-state index in [1.807, 2.05) is 31.1 Å².